The maximum absolute atomic E-state index is 9.10. The Morgan fingerprint density at radius 2 is 2.18 bits per heavy atom. The molecule has 0 aliphatic carbocycles. The molecule has 17 heavy (non-hydrogen) atoms. The predicted octanol–water partition coefficient (Wildman–Crippen LogP) is 4.34. The Labute approximate surface area is 112 Å². The molecular formula is C13H15Cl2NO. The Morgan fingerprint density at radius 3 is 2.71 bits per heavy atom. The van der Waals surface area contributed by atoms with Gasteiger partial charge in [-0.1, -0.05) is 25.4 Å². The van der Waals surface area contributed by atoms with Crippen LogP contribution < -0.4 is 4.74 Å². The minimum Gasteiger partial charge on any atom is -0.489 e. The highest BCUT2D eigenvalue weighted by molar-refractivity contribution is 6.32. The lowest BCUT2D eigenvalue weighted by Gasteiger charge is -2.14. The molecule has 0 spiro atoms. The van der Waals surface area contributed by atoms with Crippen molar-refractivity contribution in [3.63, 3.8) is 0 Å². The monoisotopic (exact) mass is 271 g/mol. The molecule has 0 saturated carbocycles. The predicted molar refractivity (Wildman–Crippen MR) is 71.1 cm³/mol. The zero-order valence-corrected chi connectivity index (χ0v) is 11.5. The quantitative estimate of drug-likeness (QED) is 0.747. The number of ether oxygens (including phenoxy) is 1. The highest BCUT2D eigenvalue weighted by Crippen LogP contribution is 2.33. The summed E-state index contributed by atoms with van der Waals surface area (Å²) in [5, 5.41) is 9.58. The average Bonchev–Trinajstić information content (AvgIpc) is 2.35. The van der Waals surface area contributed by atoms with Crippen molar-refractivity contribution in [2.24, 2.45) is 0 Å². The first-order valence-electron chi connectivity index (χ1n) is 5.56. The fraction of sp³-hybridized carbons (Fsp3) is 0.462. The molecular weight excluding hydrogens is 257 g/mol. The molecule has 0 saturated heterocycles. The SMILES string of the molecule is CCC(C)c1cc(Cl)c(OCCCl)c(C#N)c1. The molecule has 0 heterocycles. The molecule has 0 aliphatic rings. The summed E-state index contributed by atoms with van der Waals surface area (Å²) in [5.41, 5.74) is 1.53. The number of benzene rings is 1. The first-order valence-corrected chi connectivity index (χ1v) is 6.47. The van der Waals surface area contributed by atoms with E-state index in [2.05, 4.69) is 19.9 Å². The van der Waals surface area contributed by atoms with Crippen LogP contribution in [0.4, 0.5) is 0 Å². The summed E-state index contributed by atoms with van der Waals surface area (Å²) in [5.74, 6) is 1.18. The first-order chi connectivity index (χ1) is 8.13. The van der Waals surface area contributed by atoms with Crippen molar-refractivity contribution in [2.45, 2.75) is 26.2 Å². The molecule has 2 nitrogen and oxygen atoms in total. The Kier molecular flexibility index (Phi) is 5.61. The van der Waals surface area contributed by atoms with Gasteiger partial charge in [-0.05, 0) is 30.0 Å². The van der Waals surface area contributed by atoms with Gasteiger partial charge in [-0.2, -0.15) is 5.26 Å². The summed E-state index contributed by atoms with van der Waals surface area (Å²) in [6.07, 6.45) is 1.00. The third kappa shape index (κ3) is 3.52. The molecule has 92 valence electrons. The molecule has 0 amide bonds. The van der Waals surface area contributed by atoms with Crippen LogP contribution in [-0.2, 0) is 0 Å². The first kappa shape index (κ1) is 14.2. The van der Waals surface area contributed by atoms with Gasteiger partial charge in [0.25, 0.3) is 0 Å². The molecule has 0 bridgehead atoms. The van der Waals surface area contributed by atoms with Gasteiger partial charge in [0.15, 0.2) is 5.75 Å². The highest BCUT2D eigenvalue weighted by atomic mass is 35.5. The summed E-state index contributed by atoms with van der Waals surface area (Å²) in [4.78, 5) is 0. The van der Waals surface area contributed by atoms with E-state index in [1.165, 1.54) is 0 Å². The zero-order chi connectivity index (χ0) is 12.8. The Morgan fingerprint density at radius 1 is 1.47 bits per heavy atom. The van der Waals surface area contributed by atoms with E-state index in [0.717, 1.165) is 12.0 Å². The van der Waals surface area contributed by atoms with Crippen molar-refractivity contribution in [1.82, 2.24) is 0 Å². The smallest absolute Gasteiger partial charge is 0.155 e. The van der Waals surface area contributed by atoms with Crippen molar-refractivity contribution in [2.75, 3.05) is 12.5 Å². The third-order valence-corrected chi connectivity index (χ3v) is 3.13. The van der Waals surface area contributed by atoms with Crippen molar-refractivity contribution >= 4 is 23.2 Å². The van der Waals surface area contributed by atoms with Gasteiger partial charge in [0, 0.05) is 0 Å². The highest BCUT2D eigenvalue weighted by Gasteiger charge is 2.13. The number of halogens is 2. The lowest BCUT2D eigenvalue weighted by Crippen LogP contribution is -2.02. The van der Waals surface area contributed by atoms with Gasteiger partial charge in [-0.3, -0.25) is 0 Å². The van der Waals surface area contributed by atoms with Crippen LogP contribution in [0.15, 0.2) is 12.1 Å². The lowest BCUT2D eigenvalue weighted by molar-refractivity contribution is 0.342. The van der Waals surface area contributed by atoms with E-state index in [4.69, 9.17) is 33.2 Å². The standard InChI is InChI=1S/C13H15Cl2NO/c1-3-9(2)10-6-11(8-16)13(12(15)7-10)17-5-4-14/h6-7,9H,3-5H2,1-2H3. The minimum absolute atomic E-state index is 0.346. The summed E-state index contributed by atoms with van der Waals surface area (Å²) in [6, 6.07) is 5.81. The largest absolute Gasteiger partial charge is 0.489 e. The number of alkyl halides is 1. The summed E-state index contributed by atoms with van der Waals surface area (Å²) in [6.45, 7) is 4.55. The van der Waals surface area contributed by atoms with Gasteiger partial charge in [-0.25, -0.2) is 0 Å². The molecule has 0 aliphatic heterocycles. The van der Waals surface area contributed by atoms with Crippen LogP contribution in [0.3, 0.4) is 0 Å². The van der Waals surface area contributed by atoms with Gasteiger partial charge in [0.05, 0.1) is 16.5 Å². The molecule has 0 N–H and O–H groups in total. The average molecular weight is 272 g/mol. The lowest BCUT2D eigenvalue weighted by atomic mass is 9.96. The van der Waals surface area contributed by atoms with Gasteiger partial charge in [0.1, 0.15) is 12.7 Å². The molecule has 4 heteroatoms. The third-order valence-electron chi connectivity index (χ3n) is 2.69. The second kappa shape index (κ2) is 6.74. The van der Waals surface area contributed by atoms with Gasteiger partial charge >= 0.3 is 0 Å². The molecule has 1 aromatic rings. The fourth-order valence-electron chi connectivity index (χ4n) is 1.51. The summed E-state index contributed by atoms with van der Waals surface area (Å²) in [7, 11) is 0. The molecule has 0 aromatic heterocycles. The molecule has 0 radical (unpaired) electrons. The van der Waals surface area contributed by atoms with E-state index in [1.807, 2.05) is 12.1 Å². The van der Waals surface area contributed by atoms with Crippen LogP contribution >= 0.6 is 23.2 Å². The number of hydrogen-bond acceptors (Lipinski definition) is 2. The van der Waals surface area contributed by atoms with Gasteiger partial charge in [-0.15, -0.1) is 11.6 Å². The van der Waals surface area contributed by atoms with Crippen molar-refractivity contribution in [3.8, 4) is 11.8 Å². The fourth-order valence-corrected chi connectivity index (χ4v) is 1.86. The number of hydrogen-bond donors (Lipinski definition) is 0. The van der Waals surface area contributed by atoms with Crippen LogP contribution in [0.25, 0.3) is 0 Å². The van der Waals surface area contributed by atoms with Crippen LogP contribution in [0.1, 0.15) is 37.3 Å². The van der Waals surface area contributed by atoms with E-state index in [-0.39, 0.29) is 0 Å². The van der Waals surface area contributed by atoms with E-state index in [9.17, 15) is 0 Å². The zero-order valence-electron chi connectivity index (χ0n) is 9.96. The number of nitriles is 1. The van der Waals surface area contributed by atoms with Crippen molar-refractivity contribution < 1.29 is 4.74 Å². The number of rotatable bonds is 5. The van der Waals surface area contributed by atoms with E-state index in [1.54, 1.807) is 0 Å². The van der Waals surface area contributed by atoms with Gasteiger partial charge in [0.2, 0.25) is 0 Å². The molecule has 1 aromatic carbocycles. The summed E-state index contributed by atoms with van der Waals surface area (Å²) < 4.78 is 5.39. The topological polar surface area (TPSA) is 33.0 Å². The van der Waals surface area contributed by atoms with Crippen LogP contribution in [0.2, 0.25) is 5.02 Å². The van der Waals surface area contributed by atoms with Crippen LogP contribution in [-0.4, -0.2) is 12.5 Å². The molecule has 1 unspecified atom stereocenters. The normalized spacial score (nSPS) is 11.9. The second-order valence-electron chi connectivity index (χ2n) is 3.84. The maximum atomic E-state index is 9.10. The van der Waals surface area contributed by atoms with E-state index >= 15 is 0 Å². The molecule has 1 atom stereocenters. The molecule has 1 rings (SSSR count). The molecule has 0 fully saturated rings. The Hall–Kier alpha value is -0.910. The Bertz CT molecular complexity index is 426. The number of nitrogens with zero attached hydrogens (tertiary/aromatic N) is 1. The van der Waals surface area contributed by atoms with E-state index < -0.39 is 0 Å². The summed E-state index contributed by atoms with van der Waals surface area (Å²) >= 11 is 11.7. The van der Waals surface area contributed by atoms with E-state index in [0.29, 0.717) is 34.7 Å². The van der Waals surface area contributed by atoms with Crippen molar-refractivity contribution in [3.05, 3.63) is 28.3 Å². The van der Waals surface area contributed by atoms with Crippen molar-refractivity contribution in [1.29, 1.82) is 5.26 Å². The van der Waals surface area contributed by atoms with Crippen LogP contribution in [0.5, 0.6) is 5.75 Å². The van der Waals surface area contributed by atoms with Crippen LogP contribution in [0, 0.1) is 11.3 Å². The maximum Gasteiger partial charge on any atom is 0.155 e. The van der Waals surface area contributed by atoms with Gasteiger partial charge < -0.3 is 4.74 Å². The minimum atomic E-state index is 0.346. The Balaban J connectivity index is 3.12. The second-order valence-corrected chi connectivity index (χ2v) is 4.62.